The summed E-state index contributed by atoms with van der Waals surface area (Å²) in [7, 11) is 0. The summed E-state index contributed by atoms with van der Waals surface area (Å²) < 4.78 is 5.19. The van der Waals surface area contributed by atoms with Crippen LogP contribution in [0.25, 0.3) is 0 Å². The highest BCUT2D eigenvalue weighted by molar-refractivity contribution is 6.34. The van der Waals surface area contributed by atoms with Crippen molar-refractivity contribution in [2.24, 2.45) is 5.92 Å². The summed E-state index contributed by atoms with van der Waals surface area (Å²) in [6.45, 7) is 6.08. The minimum atomic E-state index is -0.495. The molecule has 5 nitrogen and oxygen atoms in total. The first-order valence-corrected chi connectivity index (χ1v) is 8.15. The van der Waals surface area contributed by atoms with Gasteiger partial charge >= 0.3 is 5.97 Å². The molecule has 0 aromatic heterocycles. The van der Waals surface area contributed by atoms with Gasteiger partial charge in [-0.15, -0.1) is 0 Å². The summed E-state index contributed by atoms with van der Waals surface area (Å²) >= 11 is 0. The molecule has 3 rings (SSSR count). The summed E-state index contributed by atoms with van der Waals surface area (Å²) in [6, 6.07) is 11.6. The number of benzene rings is 2. The minimum absolute atomic E-state index is 0.221. The number of ether oxygens (including phenoxy) is 1. The van der Waals surface area contributed by atoms with E-state index in [9.17, 15) is 14.4 Å². The zero-order valence-electron chi connectivity index (χ0n) is 14.4. The molecule has 0 radical (unpaired) electrons. The molecule has 0 unspecified atom stereocenters. The summed E-state index contributed by atoms with van der Waals surface area (Å²) in [5, 5.41) is 0. The third kappa shape index (κ3) is 3.18. The van der Waals surface area contributed by atoms with Crippen LogP contribution in [0.2, 0.25) is 0 Å². The molecule has 2 aromatic carbocycles. The number of anilines is 1. The maximum absolute atomic E-state index is 12.7. The number of rotatable bonds is 4. The molecular formula is C20H19NO4. The van der Waals surface area contributed by atoms with Gasteiger partial charge in [-0.2, -0.15) is 0 Å². The number of imide groups is 1. The van der Waals surface area contributed by atoms with Crippen LogP contribution in [0.3, 0.4) is 0 Å². The maximum Gasteiger partial charge on any atom is 0.338 e. The lowest BCUT2D eigenvalue weighted by molar-refractivity contribution is 0.0458. The Bertz CT molecular complexity index is 870. The molecule has 0 fully saturated rings. The molecule has 0 bridgehead atoms. The summed E-state index contributed by atoms with van der Waals surface area (Å²) in [4.78, 5) is 38.6. The van der Waals surface area contributed by atoms with Crippen LogP contribution >= 0.6 is 0 Å². The molecule has 2 amide bonds. The molecule has 1 aliphatic heterocycles. The number of aryl methyl sites for hydroxylation is 1. The summed E-state index contributed by atoms with van der Waals surface area (Å²) in [5.41, 5.74) is 2.27. The SMILES string of the molecule is Cc1cccc(N2C(=O)c3ccc(C(=O)OCC(C)C)cc3C2=O)c1. The molecular weight excluding hydrogens is 318 g/mol. The van der Waals surface area contributed by atoms with Crippen molar-refractivity contribution in [3.05, 3.63) is 64.7 Å². The molecule has 0 spiro atoms. The predicted molar refractivity (Wildman–Crippen MR) is 93.9 cm³/mol. The first kappa shape index (κ1) is 16.9. The second kappa shape index (κ2) is 6.51. The smallest absolute Gasteiger partial charge is 0.338 e. The van der Waals surface area contributed by atoms with Gasteiger partial charge in [0.1, 0.15) is 0 Å². The first-order chi connectivity index (χ1) is 11.9. The molecule has 0 aliphatic carbocycles. The number of amides is 2. The van der Waals surface area contributed by atoms with E-state index in [0.717, 1.165) is 10.5 Å². The van der Waals surface area contributed by atoms with Gasteiger partial charge in [-0.25, -0.2) is 9.69 Å². The second-order valence-corrected chi connectivity index (χ2v) is 6.54. The zero-order valence-corrected chi connectivity index (χ0v) is 14.4. The van der Waals surface area contributed by atoms with Gasteiger partial charge in [-0.1, -0.05) is 26.0 Å². The van der Waals surface area contributed by atoms with Gasteiger partial charge in [0.25, 0.3) is 11.8 Å². The topological polar surface area (TPSA) is 63.7 Å². The van der Waals surface area contributed by atoms with Crippen molar-refractivity contribution >= 4 is 23.5 Å². The number of carbonyl (C=O) groups is 3. The van der Waals surface area contributed by atoms with Crippen LogP contribution in [0.4, 0.5) is 5.69 Å². The molecule has 0 saturated carbocycles. The Balaban J connectivity index is 1.92. The normalized spacial score (nSPS) is 13.4. The van der Waals surface area contributed by atoms with E-state index >= 15 is 0 Å². The molecule has 1 aliphatic rings. The molecule has 1 heterocycles. The van der Waals surface area contributed by atoms with Crippen LogP contribution < -0.4 is 4.90 Å². The lowest BCUT2D eigenvalue weighted by atomic mass is 10.1. The summed E-state index contributed by atoms with van der Waals surface area (Å²) in [5.74, 6) is -1.08. The van der Waals surface area contributed by atoms with Crippen molar-refractivity contribution < 1.29 is 19.1 Å². The fourth-order valence-corrected chi connectivity index (χ4v) is 2.70. The van der Waals surface area contributed by atoms with Crippen LogP contribution in [-0.2, 0) is 4.74 Å². The Morgan fingerprint density at radius 1 is 1.04 bits per heavy atom. The van der Waals surface area contributed by atoms with Crippen molar-refractivity contribution in [2.45, 2.75) is 20.8 Å². The third-order valence-electron chi connectivity index (χ3n) is 3.93. The monoisotopic (exact) mass is 337 g/mol. The van der Waals surface area contributed by atoms with E-state index in [-0.39, 0.29) is 23.0 Å². The zero-order chi connectivity index (χ0) is 18.1. The standard InChI is InChI=1S/C20H19NO4/c1-12(2)11-25-20(24)14-7-8-16-17(10-14)19(23)21(18(16)22)15-6-4-5-13(3)9-15/h4-10,12H,11H2,1-3H3. The van der Waals surface area contributed by atoms with Gasteiger partial charge in [-0.05, 0) is 48.7 Å². The quantitative estimate of drug-likeness (QED) is 0.631. The fraction of sp³-hybridized carbons (Fsp3) is 0.250. The first-order valence-electron chi connectivity index (χ1n) is 8.15. The van der Waals surface area contributed by atoms with E-state index in [1.807, 2.05) is 26.8 Å². The third-order valence-corrected chi connectivity index (χ3v) is 3.93. The van der Waals surface area contributed by atoms with Gasteiger partial charge < -0.3 is 4.74 Å². The van der Waals surface area contributed by atoms with Crippen molar-refractivity contribution in [1.29, 1.82) is 0 Å². The van der Waals surface area contributed by atoms with Gasteiger partial charge in [0, 0.05) is 0 Å². The number of carbonyl (C=O) groups excluding carboxylic acids is 3. The van der Waals surface area contributed by atoms with Crippen molar-refractivity contribution in [2.75, 3.05) is 11.5 Å². The fourth-order valence-electron chi connectivity index (χ4n) is 2.70. The largest absolute Gasteiger partial charge is 0.462 e. The molecule has 0 saturated heterocycles. The molecule has 2 aromatic rings. The Labute approximate surface area is 146 Å². The van der Waals surface area contributed by atoms with Crippen molar-refractivity contribution in [3.8, 4) is 0 Å². The lowest BCUT2D eigenvalue weighted by Gasteiger charge is -2.14. The van der Waals surface area contributed by atoms with Crippen molar-refractivity contribution in [3.63, 3.8) is 0 Å². The minimum Gasteiger partial charge on any atom is -0.462 e. The van der Waals surface area contributed by atoms with E-state index in [4.69, 9.17) is 4.74 Å². The van der Waals surface area contributed by atoms with Gasteiger partial charge in [0.2, 0.25) is 0 Å². The van der Waals surface area contributed by atoms with E-state index in [0.29, 0.717) is 17.9 Å². The molecule has 25 heavy (non-hydrogen) atoms. The Morgan fingerprint density at radius 3 is 2.44 bits per heavy atom. The van der Waals surface area contributed by atoms with Crippen LogP contribution in [0.15, 0.2) is 42.5 Å². The highest BCUT2D eigenvalue weighted by Crippen LogP contribution is 2.29. The van der Waals surface area contributed by atoms with E-state index in [2.05, 4.69) is 0 Å². The average molecular weight is 337 g/mol. The number of hydrogen-bond acceptors (Lipinski definition) is 4. The number of esters is 1. The van der Waals surface area contributed by atoms with Crippen LogP contribution in [-0.4, -0.2) is 24.4 Å². The van der Waals surface area contributed by atoms with Gasteiger partial charge in [0.05, 0.1) is 29.0 Å². The van der Waals surface area contributed by atoms with Crippen LogP contribution in [0, 0.1) is 12.8 Å². The Kier molecular flexibility index (Phi) is 4.40. The number of nitrogens with zero attached hydrogens (tertiary/aromatic N) is 1. The van der Waals surface area contributed by atoms with Gasteiger partial charge in [-0.3, -0.25) is 9.59 Å². The average Bonchev–Trinajstić information content (AvgIpc) is 2.83. The number of hydrogen-bond donors (Lipinski definition) is 0. The number of fused-ring (bicyclic) bond motifs is 1. The van der Waals surface area contributed by atoms with Crippen LogP contribution in [0.5, 0.6) is 0 Å². The Morgan fingerprint density at radius 2 is 1.76 bits per heavy atom. The van der Waals surface area contributed by atoms with E-state index in [1.165, 1.54) is 18.2 Å². The highest BCUT2D eigenvalue weighted by Gasteiger charge is 2.37. The van der Waals surface area contributed by atoms with Crippen molar-refractivity contribution in [1.82, 2.24) is 0 Å². The molecule has 0 N–H and O–H groups in total. The van der Waals surface area contributed by atoms with Crippen LogP contribution in [0.1, 0.15) is 50.5 Å². The maximum atomic E-state index is 12.7. The predicted octanol–water partition coefficient (Wildman–Crippen LogP) is 3.61. The second-order valence-electron chi connectivity index (χ2n) is 6.54. The van der Waals surface area contributed by atoms with E-state index in [1.54, 1.807) is 18.2 Å². The molecule has 128 valence electrons. The Hall–Kier alpha value is -2.95. The molecule has 5 heteroatoms. The van der Waals surface area contributed by atoms with Gasteiger partial charge in [0.15, 0.2) is 0 Å². The van der Waals surface area contributed by atoms with E-state index < -0.39 is 11.9 Å². The summed E-state index contributed by atoms with van der Waals surface area (Å²) in [6.07, 6.45) is 0. The highest BCUT2D eigenvalue weighted by atomic mass is 16.5. The lowest BCUT2D eigenvalue weighted by Crippen LogP contribution is -2.29. The molecule has 0 atom stereocenters.